The van der Waals surface area contributed by atoms with E-state index in [1.54, 1.807) is 11.3 Å². The summed E-state index contributed by atoms with van der Waals surface area (Å²) in [6.07, 6.45) is 1.33. The van der Waals surface area contributed by atoms with Crippen molar-refractivity contribution in [3.63, 3.8) is 0 Å². The zero-order valence-electron chi connectivity index (χ0n) is 11.9. The van der Waals surface area contributed by atoms with E-state index in [1.807, 2.05) is 41.5 Å². The Morgan fingerprint density at radius 2 is 2.33 bits per heavy atom. The van der Waals surface area contributed by atoms with E-state index in [1.165, 1.54) is 0 Å². The van der Waals surface area contributed by atoms with Crippen LogP contribution >= 0.6 is 11.3 Å². The summed E-state index contributed by atoms with van der Waals surface area (Å²) in [6, 6.07) is 7.66. The first-order valence-corrected chi connectivity index (χ1v) is 7.86. The van der Waals surface area contributed by atoms with Gasteiger partial charge in [-0.25, -0.2) is 0 Å². The molecule has 1 aliphatic rings. The molecule has 1 saturated heterocycles. The molecule has 0 aliphatic carbocycles. The van der Waals surface area contributed by atoms with Crippen LogP contribution in [0, 0.1) is 6.92 Å². The van der Waals surface area contributed by atoms with Gasteiger partial charge in [-0.1, -0.05) is 6.07 Å². The third-order valence-corrected chi connectivity index (χ3v) is 4.34. The minimum Gasteiger partial charge on any atom is -0.471 e. The van der Waals surface area contributed by atoms with Crippen LogP contribution in [0.1, 0.15) is 17.0 Å². The molecule has 2 aromatic heterocycles. The standard InChI is InChI=1S/C15H17N3O2S/c1-11-4-5-14(17-16-11)20-12-6-7-18(10-12)15(19)9-13-3-2-8-21-13/h2-5,8,12H,6-7,9-10H2,1H3. The van der Waals surface area contributed by atoms with E-state index < -0.39 is 0 Å². The fraction of sp³-hybridized carbons (Fsp3) is 0.400. The summed E-state index contributed by atoms with van der Waals surface area (Å²) < 4.78 is 5.78. The van der Waals surface area contributed by atoms with Crippen LogP contribution in [0.25, 0.3) is 0 Å². The van der Waals surface area contributed by atoms with Crippen molar-refractivity contribution in [2.45, 2.75) is 25.9 Å². The summed E-state index contributed by atoms with van der Waals surface area (Å²) in [6.45, 7) is 3.26. The number of carbonyl (C=O) groups excluding carboxylic acids is 1. The Balaban J connectivity index is 1.53. The number of likely N-dealkylation sites (tertiary alicyclic amines) is 1. The molecule has 1 unspecified atom stereocenters. The SMILES string of the molecule is Cc1ccc(OC2CCN(C(=O)Cc3cccs3)C2)nn1. The summed E-state index contributed by atoms with van der Waals surface area (Å²) in [7, 11) is 0. The third-order valence-electron chi connectivity index (χ3n) is 3.46. The summed E-state index contributed by atoms with van der Waals surface area (Å²) in [5.41, 5.74) is 0.863. The average molecular weight is 303 g/mol. The van der Waals surface area contributed by atoms with Crippen molar-refractivity contribution >= 4 is 17.2 Å². The first kappa shape index (κ1) is 14.0. The first-order chi connectivity index (χ1) is 10.2. The van der Waals surface area contributed by atoms with Crippen LogP contribution < -0.4 is 4.74 Å². The van der Waals surface area contributed by atoms with Crippen molar-refractivity contribution in [2.24, 2.45) is 0 Å². The second kappa shape index (κ2) is 6.22. The van der Waals surface area contributed by atoms with E-state index in [2.05, 4.69) is 10.2 Å². The molecule has 21 heavy (non-hydrogen) atoms. The largest absolute Gasteiger partial charge is 0.471 e. The molecule has 2 aromatic rings. The van der Waals surface area contributed by atoms with Gasteiger partial charge in [0.1, 0.15) is 6.10 Å². The van der Waals surface area contributed by atoms with Gasteiger partial charge in [-0.05, 0) is 24.4 Å². The topological polar surface area (TPSA) is 55.3 Å². The zero-order valence-corrected chi connectivity index (χ0v) is 12.7. The van der Waals surface area contributed by atoms with Crippen LogP contribution in [-0.2, 0) is 11.2 Å². The van der Waals surface area contributed by atoms with Crippen molar-refractivity contribution in [3.8, 4) is 5.88 Å². The lowest BCUT2D eigenvalue weighted by molar-refractivity contribution is -0.129. The molecule has 1 fully saturated rings. The molecule has 6 heteroatoms. The number of aromatic nitrogens is 2. The maximum atomic E-state index is 12.2. The highest BCUT2D eigenvalue weighted by Gasteiger charge is 2.27. The summed E-state index contributed by atoms with van der Waals surface area (Å²) in [5, 5.41) is 9.96. The van der Waals surface area contributed by atoms with E-state index in [9.17, 15) is 4.79 Å². The lowest BCUT2D eigenvalue weighted by atomic mass is 10.3. The Morgan fingerprint density at radius 3 is 3.05 bits per heavy atom. The van der Waals surface area contributed by atoms with Gasteiger partial charge in [-0.2, -0.15) is 5.10 Å². The highest BCUT2D eigenvalue weighted by atomic mass is 32.1. The Morgan fingerprint density at radius 1 is 1.43 bits per heavy atom. The van der Waals surface area contributed by atoms with Crippen molar-refractivity contribution in [2.75, 3.05) is 13.1 Å². The maximum absolute atomic E-state index is 12.2. The lowest BCUT2D eigenvalue weighted by Gasteiger charge is -2.16. The first-order valence-electron chi connectivity index (χ1n) is 6.98. The van der Waals surface area contributed by atoms with Gasteiger partial charge in [0.25, 0.3) is 0 Å². The Hall–Kier alpha value is -1.95. The molecule has 1 atom stereocenters. The molecule has 0 spiro atoms. The van der Waals surface area contributed by atoms with Crippen LogP contribution in [0.3, 0.4) is 0 Å². The van der Waals surface area contributed by atoms with Crippen LogP contribution in [0.4, 0.5) is 0 Å². The van der Waals surface area contributed by atoms with E-state index in [0.717, 1.165) is 23.5 Å². The fourth-order valence-electron chi connectivity index (χ4n) is 2.35. The van der Waals surface area contributed by atoms with Gasteiger partial charge in [-0.15, -0.1) is 16.4 Å². The second-order valence-electron chi connectivity index (χ2n) is 5.14. The molecule has 0 saturated carbocycles. The minimum atomic E-state index is 0.00860. The van der Waals surface area contributed by atoms with Crippen molar-refractivity contribution in [3.05, 3.63) is 40.2 Å². The van der Waals surface area contributed by atoms with Gasteiger partial charge in [0.2, 0.25) is 11.8 Å². The normalized spacial score (nSPS) is 18.0. The molecule has 0 bridgehead atoms. The molecule has 3 heterocycles. The molecule has 5 nitrogen and oxygen atoms in total. The van der Waals surface area contributed by atoms with Crippen LogP contribution in [-0.4, -0.2) is 40.2 Å². The van der Waals surface area contributed by atoms with E-state index in [-0.39, 0.29) is 12.0 Å². The van der Waals surface area contributed by atoms with Crippen molar-refractivity contribution in [1.82, 2.24) is 15.1 Å². The fourth-order valence-corrected chi connectivity index (χ4v) is 3.04. The van der Waals surface area contributed by atoms with Gasteiger partial charge in [0.05, 0.1) is 18.7 Å². The smallest absolute Gasteiger partial charge is 0.233 e. The van der Waals surface area contributed by atoms with Crippen molar-refractivity contribution < 1.29 is 9.53 Å². The van der Waals surface area contributed by atoms with Gasteiger partial charge in [-0.3, -0.25) is 4.79 Å². The number of ether oxygens (including phenoxy) is 1. The molecule has 0 radical (unpaired) electrons. The van der Waals surface area contributed by atoms with Crippen LogP contribution in [0.5, 0.6) is 5.88 Å². The van der Waals surface area contributed by atoms with Crippen molar-refractivity contribution in [1.29, 1.82) is 0 Å². The van der Waals surface area contributed by atoms with Crippen LogP contribution in [0.2, 0.25) is 0 Å². The number of carbonyl (C=O) groups is 1. The Labute approximate surface area is 127 Å². The van der Waals surface area contributed by atoms with Gasteiger partial charge in [0, 0.05) is 23.9 Å². The molecule has 3 rings (SSSR count). The molecular formula is C15H17N3O2S. The number of amides is 1. The van der Waals surface area contributed by atoms with E-state index in [4.69, 9.17) is 4.74 Å². The third kappa shape index (κ3) is 3.58. The Bertz CT molecular complexity index is 598. The highest BCUT2D eigenvalue weighted by molar-refractivity contribution is 7.10. The second-order valence-corrected chi connectivity index (χ2v) is 6.17. The molecule has 1 aliphatic heterocycles. The molecule has 0 aromatic carbocycles. The lowest BCUT2D eigenvalue weighted by Crippen LogP contribution is -2.32. The number of nitrogens with zero attached hydrogens (tertiary/aromatic N) is 3. The highest BCUT2D eigenvalue weighted by Crippen LogP contribution is 2.18. The number of rotatable bonds is 4. The molecular weight excluding hydrogens is 286 g/mol. The van der Waals surface area contributed by atoms with Gasteiger partial charge >= 0.3 is 0 Å². The maximum Gasteiger partial charge on any atom is 0.233 e. The number of thiophene rings is 1. The Kier molecular flexibility index (Phi) is 4.15. The predicted octanol–water partition coefficient (Wildman–Crippen LogP) is 2.07. The number of hydrogen-bond acceptors (Lipinski definition) is 5. The summed E-state index contributed by atoms with van der Waals surface area (Å²) in [5.74, 6) is 0.691. The number of hydrogen-bond donors (Lipinski definition) is 0. The molecule has 0 N–H and O–H groups in total. The summed E-state index contributed by atoms with van der Waals surface area (Å²) >= 11 is 1.62. The van der Waals surface area contributed by atoms with E-state index >= 15 is 0 Å². The molecule has 1 amide bonds. The van der Waals surface area contributed by atoms with Gasteiger partial charge < -0.3 is 9.64 Å². The zero-order chi connectivity index (χ0) is 14.7. The summed E-state index contributed by atoms with van der Waals surface area (Å²) in [4.78, 5) is 15.2. The van der Waals surface area contributed by atoms with E-state index in [0.29, 0.717) is 18.8 Å². The van der Waals surface area contributed by atoms with Crippen LogP contribution in [0.15, 0.2) is 29.6 Å². The minimum absolute atomic E-state index is 0.00860. The van der Waals surface area contributed by atoms with Gasteiger partial charge in [0.15, 0.2) is 0 Å². The quantitative estimate of drug-likeness (QED) is 0.867. The monoisotopic (exact) mass is 303 g/mol. The molecule has 110 valence electrons. The number of aryl methyl sites for hydroxylation is 1. The average Bonchev–Trinajstić information content (AvgIpc) is 3.13. The predicted molar refractivity (Wildman–Crippen MR) is 80.4 cm³/mol.